The summed E-state index contributed by atoms with van der Waals surface area (Å²) >= 11 is 0. The monoisotopic (exact) mass is 308 g/mol. The molecule has 0 saturated heterocycles. The van der Waals surface area contributed by atoms with Crippen LogP contribution >= 0.6 is 0 Å². The van der Waals surface area contributed by atoms with Gasteiger partial charge < -0.3 is 4.74 Å². The molecule has 0 atom stereocenters. The van der Waals surface area contributed by atoms with E-state index in [-0.39, 0.29) is 6.10 Å². The number of carbonyl (C=O) groups excluding carboxylic acids is 2. The molecule has 0 aliphatic heterocycles. The van der Waals surface area contributed by atoms with Gasteiger partial charge in [0.1, 0.15) is 6.10 Å². The Morgan fingerprint density at radius 1 is 1.00 bits per heavy atom. The molecule has 0 amide bonds. The van der Waals surface area contributed by atoms with Gasteiger partial charge in [-0.1, -0.05) is 24.6 Å². The Morgan fingerprint density at radius 2 is 1.64 bits per heavy atom. The van der Waals surface area contributed by atoms with E-state index in [9.17, 15) is 9.59 Å². The molecule has 0 radical (unpaired) electrons. The smallest absolute Gasteiger partial charge is 0.429 e. The van der Waals surface area contributed by atoms with Crippen molar-refractivity contribution in [2.24, 2.45) is 5.92 Å². The Kier molecular flexibility index (Phi) is 5.77. The molecule has 0 heterocycles. The van der Waals surface area contributed by atoms with E-state index >= 15 is 0 Å². The number of hydrogen-bond acceptors (Lipinski definition) is 6. The van der Waals surface area contributed by atoms with Gasteiger partial charge in [-0.3, -0.25) is 4.89 Å². The third-order valence-electron chi connectivity index (χ3n) is 3.72. The van der Waals surface area contributed by atoms with Crippen molar-refractivity contribution in [1.82, 2.24) is 0 Å². The average molecular weight is 308 g/mol. The minimum Gasteiger partial charge on any atom is -0.429 e. The molecule has 0 bridgehead atoms. The van der Waals surface area contributed by atoms with Gasteiger partial charge in [0.25, 0.3) is 0 Å². The van der Waals surface area contributed by atoms with Gasteiger partial charge in [-0.25, -0.2) is 14.5 Å². The third kappa shape index (κ3) is 5.04. The molecule has 0 N–H and O–H groups in total. The van der Waals surface area contributed by atoms with Gasteiger partial charge >= 0.3 is 12.1 Å². The van der Waals surface area contributed by atoms with Crippen LogP contribution in [-0.2, 0) is 19.6 Å². The van der Waals surface area contributed by atoms with Crippen LogP contribution in [0.25, 0.3) is 0 Å². The molecule has 1 saturated carbocycles. The number of benzene rings is 1. The maximum absolute atomic E-state index is 11.6. The lowest BCUT2D eigenvalue weighted by molar-refractivity contribution is -0.453. The molecule has 1 fully saturated rings. The Bertz CT molecular complexity index is 502. The van der Waals surface area contributed by atoms with E-state index in [1.807, 2.05) is 6.92 Å². The molecule has 2 rings (SSSR count). The molecule has 120 valence electrons. The normalized spacial score (nSPS) is 21.0. The van der Waals surface area contributed by atoms with Crippen LogP contribution < -0.4 is 0 Å². The zero-order chi connectivity index (χ0) is 15.9. The van der Waals surface area contributed by atoms with E-state index in [0.717, 1.165) is 31.2 Å². The van der Waals surface area contributed by atoms with Gasteiger partial charge in [-0.15, -0.1) is 0 Å². The summed E-state index contributed by atoms with van der Waals surface area (Å²) in [6.07, 6.45) is 2.47. The second-order valence-corrected chi connectivity index (χ2v) is 5.64. The lowest BCUT2D eigenvalue weighted by Gasteiger charge is -2.24. The fourth-order valence-electron chi connectivity index (χ4n) is 2.32. The van der Waals surface area contributed by atoms with Crippen LogP contribution in [0.15, 0.2) is 24.3 Å². The minimum atomic E-state index is -1.00. The zero-order valence-corrected chi connectivity index (χ0v) is 12.7. The molecule has 0 aromatic heterocycles. The summed E-state index contributed by atoms with van der Waals surface area (Å²) in [6, 6.07) is 6.69. The second-order valence-electron chi connectivity index (χ2n) is 5.64. The third-order valence-corrected chi connectivity index (χ3v) is 3.72. The SMILES string of the molecule is Cc1ccc(C(=O)OOOC(=O)OC2CCC(C)CC2)cc1. The van der Waals surface area contributed by atoms with Crippen molar-refractivity contribution < 1.29 is 29.1 Å². The minimum absolute atomic E-state index is 0.167. The van der Waals surface area contributed by atoms with Crippen LogP contribution in [0.4, 0.5) is 4.79 Å². The van der Waals surface area contributed by atoms with Gasteiger partial charge in [0.05, 0.1) is 10.6 Å². The summed E-state index contributed by atoms with van der Waals surface area (Å²) in [5.74, 6) is -0.0955. The lowest BCUT2D eigenvalue weighted by atomic mass is 9.89. The van der Waals surface area contributed by atoms with E-state index in [0.29, 0.717) is 11.5 Å². The molecule has 1 aliphatic rings. The number of ether oxygens (including phenoxy) is 1. The largest absolute Gasteiger partial charge is 0.543 e. The van der Waals surface area contributed by atoms with Crippen LogP contribution in [0.5, 0.6) is 0 Å². The summed E-state index contributed by atoms with van der Waals surface area (Å²) in [6.45, 7) is 4.07. The predicted molar refractivity (Wildman–Crippen MR) is 76.7 cm³/mol. The number of rotatable bonds is 4. The highest BCUT2D eigenvalue weighted by atomic mass is 17.5. The summed E-state index contributed by atoms with van der Waals surface area (Å²) in [5.41, 5.74) is 1.31. The molecule has 1 aliphatic carbocycles. The molecular formula is C16H20O6. The summed E-state index contributed by atoms with van der Waals surface area (Å²) < 4.78 is 5.07. The molecular weight excluding hydrogens is 288 g/mol. The first-order chi connectivity index (χ1) is 10.5. The lowest BCUT2D eigenvalue weighted by Crippen LogP contribution is -2.24. The standard InChI is InChI=1S/C16H20O6/c1-11-3-7-13(8-4-11)15(17)20-22-21-16(18)19-14-9-5-12(2)6-10-14/h3-4,7-8,12,14H,5-6,9-10H2,1-2H3. The molecule has 0 unspecified atom stereocenters. The fraction of sp³-hybridized carbons (Fsp3) is 0.500. The van der Waals surface area contributed by atoms with Gasteiger partial charge in [0, 0.05) is 0 Å². The second kappa shape index (κ2) is 7.79. The zero-order valence-electron chi connectivity index (χ0n) is 12.7. The van der Waals surface area contributed by atoms with Crippen molar-refractivity contribution >= 4 is 12.1 Å². The van der Waals surface area contributed by atoms with Crippen LogP contribution in [0.2, 0.25) is 0 Å². The topological polar surface area (TPSA) is 71.1 Å². The Hall–Kier alpha value is -2.08. The van der Waals surface area contributed by atoms with Gasteiger partial charge in [0.15, 0.2) is 0 Å². The van der Waals surface area contributed by atoms with Crippen molar-refractivity contribution in [2.45, 2.75) is 45.6 Å². The maximum Gasteiger partial charge on any atom is 0.543 e. The van der Waals surface area contributed by atoms with E-state index in [2.05, 4.69) is 21.7 Å². The highest BCUT2D eigenvalue weighted by Gasteiger charge is 2.23. The summed E-state index contributed by atoms with van der Waals surface area (Å²) in [5, 5.41) is 4.18. The van der Waals surface area contributed by atoms with E-state index in [1.54, 1.807) is 24.3 Å². The van der Waals surface area contributed by atoms with Crippen molar-refractivity contribution in [3.8, 4) is 0 Å². The quantitative estimate of drug-likeness (QED) is 0.479. The molecule has 0 spiro atoms. The van der Waals surface area contributed by atoms with Gasteiger partial charge in [-0.05, 0) is 50.7 Å². The van der Waals surface area contributed by atoms with Gasteiger partial charge in [-0.2, -0.15) is 0 Å². The van der Waals surface area contributed by atoms with E-state index in [1.165, 1.54) is 0 Å². The Labute approximate surface area is 129 Å². The number of carbonyl (C=O) groups is 2. The highest BCUT2D eigenvalue weighted by Crippen LogP contribution is 2.25. The maximum atomic E-state index is 11.6. The first kappa shape index (κ1) is 16.3. The van der Waals surface area contributed by atoms with Gasteiger partial charge in [0.2, 0.25) is 0 Å². The van der Waals surface area contributed by atoms with Crippen molar-refractivity contribution in [3.05, 3.63) is 35.4 Å². The Morgan fingerprint density at radius 3 is 2.27 bits per heavy atom. The van der Waals surface area contributed by atoms with Crippen LogP contribution in [-0.4, -0.2) is 18.2 Å². The van der Waals surface area contributed by atoms with Crippen molar-refractivity contribution in [2.75, 3.05) is 0 Å². The van der Waals surface area contributed by atoms with Crippen LogP contribution in [0.1, 0.15) is 48.5 Å². The van der Waals surface area contributed by atoms with Crippen molar-refractivity contribution in [1.29, 1.82) is 0 Å². The fourth-order valence-corrected chi connectivity index (χ4v) is 2.32. The highest BCUT2D eigenvalue weighted by molar-refractivity contribution is 5.88. The summed E-state index contributed by atoms with van der Waals surface area (Å²) in [4.78, 5) is 31.6. The first-order valence-electron chi connectivity index (χ1n) is 7.37. The van der Waals surface area contributed by atoms with E-state index < -0.39 is 12.1 Å². The van der Waals surface area contributed by atoms with Crippen LogP contribution in [0, 0.1) is 12.8 Å². The van der Waals surface area contributed by atoms with Crippen molar-refractivity contribution in [3.63, 3.8) is 0 Å². The molecule has 6 heteroatoms. The average Bonchev–Trinajstić information content (AvgIpc) is 2.50. The predicted octanol–water partition coefficient (Wildman–Crippen LogP) is 3.73. The number of aryl methyl sites for hydroxylation is 1. The van der Waals surface area contributed by atoms with Crippen LogP contribution in [0.3, 0.4) is 0 Å². The summed E-state index contributed by atoms with van der Waals surface area (Å²) in [7, 11) is 0. The first-order valence-corrected chi connectivity index (χ1v) is 7.37. The number of hydrogen-bond donors (Lipinski definition) is 0. The molecule has 1 aromatic rings. The van der Waals surface area contributed by atoms with E-state index in [4.69, 9.17) is 4.74 Å². The molecule has 6 nitrogen and oxygen atoms in total. The molecule has 1 aromatic carbocycles. The Balaban J connectivity index is 1.66. The molecule has 22 heavy (non-hydrogen) atoms.